The number of pyridine rings is 1. The molecule has 3 heteroatoms. The normalized spacial score (nSPS) is 11.2. The van der Waals surface area contributed by atoms with Crippen molar-refractivity contribution >= 4 is 48.7 Å². The molecule has 44 heavy (non-hydrogen) atoms. The van der Waals surface area contributed by atoms with Crippen molar-refractivity contribution in [3.05, 3.63) is 170 Å². The fourth-order valence-corrected chi connectivity index (χ4v) is 7.13. The molecular formula is C41H28N2S. The van der Waals surface area contributed by atoms with Crippen LogP contribution in [-0.4, -0.2) is 4.98 Å². The summed E-state index contributed by atoms with van der Waals surface area (Å²) in [7, 11) is 0. The molecule has 2 heterocycles. The van der Waals surface area contributed by atoms with Crippen LogP contribution in [0, 0.1) is 0 Å². The number of thiophene rings is 1. The molecule has 0 aliphatic rings. The fraction of sp³-hybridized carbons (Fsp3) is 0. The fourth-order valence-electron chi connectivity index (χ4n) is 5.94. The van der Waals surface area contributed by atoms with Crippen LogP contribution in [-0.2, 0) is 0 Å². The third-order valence-corrected chi connectivity index (χ3v) is 9.35. The monoisotopic (exact) mass is 580 g/mol. The van der Waals surface area contributed by atoms with Gasteiger partial charge >= 0.3 is 0 Å². The minimum atomic E-state index is 1.07. The Hall–Kier alpha value is -5.51. The molecule has 8 rings (SSSR count). The van der Waals surface area contributed by atoms with Gasteiger partial charge in [0, 0.05) is 38.9 Å². The minimum absolute atomic E-state index is 1.07. The number of fused-ring (bicyclic) bond motifs is 3. The highest BCUT2D eigenvalue weighted by atomic mass is 32.1. The van der Waals surface area contributed by atoms with Gasteiger partial charge in [-0.15, -0.1) is 11.3 Å². The Morgan fingerprint density at radius 2 is 0.864 bits per heavy atom. The first-order chi connectivity index (χ1) is 21.8. The van der Waals surface area contributed by atoms with E-state index in [0.717, 1.165) is 22.6 Å². The van der Waals surface area contributed by atoms with E-state index in [1.54, 1.807) is 0 Å². The maximum atomic E-state index is 4.74. The second kappa shape index (κ2) is 11.3. The smallest absolute Gasteiger partial charge is 0.0894 e. The average Bonchev–Trinajstić information content (AvgIpc) is 3.49. The van der Waals surface area contributed by atoms with E-state index in [0.29, 0.717) is 0 Å². The van der Waals surface area contributed by atoms with E-state index >= 15 is 0 Å². The summed E-state index contributed by atoms with van der Waals surface area (Å²) in [5.41, 5.74) is 11.6. The molecule has 0 aliphatic carbocycles. The Morgan fingerprint density at radius 1 is 0.409 bits per heavy atom. The van der Waals surface area contributed by atoms with Gasteiger partial charge < -0.3 is 4.90 Å². The molecule has 0 N–H and O–H groups in total. The molecule has 6 aromatic carbocycles. The van der Waals surface area contributed by atoms with Crippen molar-refractivity contribution in [3.63, 3.8) is 0 Å². The van der Waals surface area contributed by atoms with Gasteiger partial charge in [-0.3, -0.25) is 4.98 Å². The van der Waals surface area contributed by atoms with E-state index in [2.05, 4.69) is 169 Å². The molecule has 208 valence electrons. The first-order valence-corrected chi connectivity index (χ1v) is 15.6. The summed E-state index contributed by atoms with van der Waals surface area (Å²) >= 11 is 1.81. The number of rotatable bonds is 6. The predicted molar refractivity (Wildman–Crippen MR) is 188 cm³/mol. The van der Waals surface area contributed by atoms with E-state index < -0.39 is 0 Å². The largest absolute Gasteiger partial charge is 0.311 e. The molecule has 0 unspecified atom stereocenters. The zero-order valence-corrected chi connectivity index (χ0v) is 24.8. The number of aromatic nitrogens is 1. The molecule has 0 fully saturated rings. The number of hydrogen-bond donors (Lipinski definition) is 0. The maximum absolute atomic E-state index is 4.74. The van der Waals surface area contributed by atoms with Crippen molar-refractivity contribution in [2.45, 2.75) is 0 Å². The van der Waals surface area contributed by atoms with Crippen LogP contribution in [0.15, 0.2) is 170 Å². The third kappa shape index (κ3) is 4.84. The molecule has 0 aliphatic heterocycles. The maximum Gasteiger partial charge on any atom is 0.0894 e. The number of hydrogen-bond acceptors (Lipinski definition) is 3. The van der Waals surface area contributed by atoms with Gasteiger partial charge in [0.1, 0.15) is 0 Å². The summed E-state index contributed by atoms with van der Waals surface area (Å²) in [5.74, 6) is 0. The first kappa shape index (κ1) is 26.1. The molecule has 0 amide bonds. The van der Waals surface area contributed by atoms with Crippen LogP contribution in [0.1, 0.15) is 0 Å². The van der Waals surface area contributed by atoms with Gasteiger partial charge in [0.05, 0.1) is 10.2 Å². The van der Waals surface area contributed by atoms with Crippen molar-refractivity contribution in [1.29, 1.82) is 0 Å². The van der Waals surface area contributed by atoms with E-state index in [9.17, 15) is 0 Å². The predicted octanol–water partition coefficient (Wildman–Crippen LogP) is 11.9. The molecule has 0 atom stereocenters. The van der Waals surface area contributed by atoms with Crippen molar-refractivity contribution in [3.8, 4) is 33.4 Å². The Morgan fingerprint density at radius 3 is 1.41 bits per heavy atom. The second-order valence-corrected chi connectivity index (χ2v) is 11.9. The summed E-state index contributed by atoms with van der Waals surface area (Å²) in [4.78, 5) is 7.07. The lowest BCUT2D eigenvalue weighted by Gasteiger charge is -2.26. The molecule has 0 bridgehead atoms. The van der Waals surface area contributed by atoms with Crippen LogP contribution in [0.3, 0.4) is 0 Å². The molecule has 0 spiro atoms. The summed E-state index contributed by atoms with van der Waals surface area (Å²) in [5, 5.41) is 1.22. The Bertz CT molecular complexity index is 2100. The average molecular weight is 581 g/mol. The number of benzene rings is 6. The third-order valence-electron chi connectivity index (χ3n) is 8.16. The first-order valence-electron chi connectivity index (χ1n) is 14.8. The molecule has 0 saturated heterocycles. The van der Waals surface area contributed by atoms with Crippen LogP contribution in [0.2, 0.25) is 0 Å². The summed E-state index contributed by atoms with van der Waals surface area (Å²) < 4.78 is 2.49. The summed E-state index contributed by atoms with van der Waals surface area (Å²) in [6.45, 7) is 0. The van der Waals surface area contributed by atoms with Gasteiger partial charge in [0.2, 0.25) is 0 Å². The van der Waals surface area contributed by atoms with Crippen molar-refractivity contribution in [2.75, 3.05) is 4.90 Å². The highest BCUT2D eigenvalue weighted by Crippen LogP contribution is 2.41. The number of anilines is 3. The SMILES string of the molecule is c1ccc(-c2ccc(N(c3ccc(-c4ccccc4)cc3)c3ccc(-c4ccnc5c4sc4ccccc45)cc3)cc2)cc1. The van der Waals surface area contributed by atoms with Crippen LogP contribution in [0.4, 0.5) is 17.1 Å². The van der Waals surface area contributed by atoms with Crippen molar-refractivity contribution in [2.24, 2.45) is 0 Å². The quantitative estimate of drug-likeness (QED) is 0.194. The molecule has 2 aromatic heterocycles. The standard InChI is InChI=1S/C41H28N2S/c1-3-9-29(10-4-1)31-15-21-34(22-16-31)43(35-23-17-32(18-24-35)30-11-5-2-6-12-30)36-25-19-33(20-26-36)37-27-28-42-40-38-13-7-8-14-39(38)44-41(37)40/h1-28H. The summed E-state index contributed by atoms with van der Waals surface area (Å²) in [6, 6.07) is 58.3. The van der Waals surface area contributed by atoms with E-state index in [1.807, 2.05) is 17.5 Å². The molecule has 0 radical (unpaired) electrons. The topological polar surface area (TPSA) is 16.1 Å². The Labute approximate surface area is 261 Å². The molecular weight excluding hydrogens is 553 g/mol. The highest BCUT2D eigenvalue weighted by Gasteiger charge is 2.15. The van der Waals surface area contributed by atoms with Gasteiger partial charge in [-0.2, -0.15) is 0 Å². The van der Waals surface area contributed by atoms with Crippen molar-refractivity contribution < 1.29 is 0 Å². The van der Waals surface area contributed by atoms with Crippen LogP contribution in [0.5, 0.6) is 0 Å². The highest BCUT2D eigenvalue weighted by molar-refractivity contribution is 7.26. The Balaban J connectivity index is 1.19. The van der Waals surface area contributed by atoms with Gasteiger partial charge in [0.25, 0.3) is 0 Å². The van der Waals surface area contributed by atoms with E-state index in [1.165, 1.54) is 48.2 Å². The van der Waals surface area contributed by atoms with E-state index in [-0.39, 0.29) is 0 Å². The Kier molecular flexibility index (Phi) is 6.71. The van der Waals surface area contributed by atoms with Gasteiger partial charge in [-0.1, -0.05) is 115 Å². The molecule has 8 aromatic rings. The minimum Gasteiger partial charge on any atom is -0.311 e. The van der Waals surface area contributed by atoms with Crippen LogP contribution >= 0.6 is 11.3 Å². The van der Waals surface area contributed by atoms with Crippen molar-refractivity contribution in [1.82, 2.24) is 4.98 Å². The lowest BCUT2D eigenvalue weighted by molar-refractivity contribution is 1.28. The lowest BCUT2D eigenvalue weighted by atomic mass is 10.0. The molecule has 2 nitrogen and oxygen atoms in total. The van der Waals surface area contributed by atoms with Gasteiger partial charge in [-0.05, 0) is 76.3 Å². The van der Waals surface area contributed by atoms with Crippen LogP contribution in [0.25, 0.3) is 53.7 Å². The lowest BCUT2D eigenvalue weighted by Crippen LogP contribution is -2.09. The van der Waals surface area contributed by atoms with E-state index in [4.69, 9.17) is 4.98 Å². The second-order valence-electron chi connectivity index (χ2n) is 10.8. The van der Waals surface area contributed by atoms with Crippen LogP contribution < -0.4 is 4.90 Å². The zero-order chi connectivity index (χ0) is 29.3. The van der Waals surface area contributed by atoms with Gasteiger partial charge in [0.15, 0.2) is 0 Å². The van der Waals surface area contributed by atoms with Gasteiger partial charge in [-0.25, -0.2) is 0 Å². The number of nitrogens with zero attached hydrogens (tertiary/aromatic N) is 2. The zero-order valence-electron chi connectivity index (χ0n) is 24.0. The molecule has 0 saturated carbocycles. The summed E-state index contributed by atoms with van der Waals surface area (Å²) in [6.07, 6.45) is 1.93.